The van der Waals surface area contributed by atoms with E-state index in [1.54, 1.807) is 0 Å². The van der Waals surface area contributed by atoms with E-state index in [9.17, 15) is 8.42 Å². The molecule has 0 saturated carbocycles. The first-order valence-electron chi connectivity index (χ1n) is 12.0. The smallest absolute Gasteiger partial charge is 0.209 e. The third-order valence-corrected chi connectivity index (χ3v) is 7.49. The number of nitrogens with zero attached hydrogens (tertiary/aromatic N) is 1. The van der Waals surface area contributed by atoms with Gasteiger partial charge in [0, 0.05) is 12.6 Å². The Hall–Kier alpha value is -2.47. The van der Waals surface area contributed by atoms with Crippen molar-refractivity contribution in [3.05, 3.63) is 106 Å². The van der Waals surface area contributed by atoms with Crippen LogP contribution in [-0.4, -0.2) is 32.2 Å². The first kappa shape index (κ1) is 24.6. The van der Waals surface area contributed by atoms with Gasteiger partial charge in [0.05, 0.1) is 11.8 Å². The molecule has 1 aliphatic heterocycles. The van der Waals surface area contributed by atoms with Crippen LogP contribution in [0.1, 0.15) is 51.8 Å². The van der Waals surface area contributed by atoms with E-state index in [4.69, 9.17) is 0 Å². The van der Waals surface area contributed by atoms with Crippen molar-refractivity contribution in [1.29, 1.82) is 0 Å². The van der Waals surface area contributed by atoms with Gasteiger partial charge in [0.2, 0.25) is 10.0 Å². The number of aryl methyl sites for hydroxylation is 4. The van der Waals surface area contributed by atoms with E-state index in [1.165, 1.54) is 11.8 Å². The van der Waals surface area contributed by atoms with Crippen molar-refractivity contribution in [2.24, 2.45) is 0 Å². The molecule has 1 N–H and O–H groups in total. The molecule has 0 bridgehead atoms. The van der Waals surface area contributed by atoms with E-state index >= 15 is 0 Å². The molecule has 1 atom stereocenters. The van der Waals surface area contributed by atoms with E-state index in [-0.39, 0.29) is 6.04 Å². The Kier molecular flexibility index (Phi) is 6.99. The van der Waals surface area contributed by atoms with Gasteiger partial charge >= 0.3 is 0 Å². The maximum atomic E-state index is 13.0. The Morgan fingerprint density at radius 1 is 0.853 bits per heavy atom. The predicted molar refractivity (Wildman–Crippen MR) is 140 cm³/mol. The number of rotatable bonds is 7. The highest BCUT2D eigenvalue weighted by atomic mass is 32.2. The van der Waals surface area contributed by atoms with Gasteiger partial charge in [-0.15, -0.1) is 0 Å². The van der Waals surface area contributed by atoms with Crippen LogP contribution in [0.3, 0.4) is 0 Å². The minimum absolute atomic E-state index is 0.0233. The molecule has 0 unspecified atom stereocenters. The molecule has 1 saturated heterocycles. The fourth-order valence-corrected chi connectivity index (χ4v) is 6.71. The number of sulfonamides is 1. The number of likely N-dealkylation sites (tertiary alicyclic amines) is 1. The third kappa shape index (κ3) is 5.27. The van der Waals surface area contributed by atoms with E-state index in [2.05, 4.69) is 98.0 Å². The first-order valence-corrected chi connectivity index (χ1v) is 13.9. The van der Waals surface area contributed by atoms with Crippen LogP contribution in [-0.2, 0) is 22.1 Å². The number of nitrogens with one attached hydrogen (secondary N) is 1. The summed E-state index contributed by atoms with van der Waals surface area (Å²) >= 11 is 0. The van der Waals surface area contributed by atoms with Crippen LogP contribution in [0.25, 0.3) is 0 Å². The topological polar surface area (TPSA) is 49.4 Å². The SMILES string of the molecule is Cc1cc(C)cc(C(NS(C)(=O)=O)(c2cc(C)cc(C)c2)[C@@H]2CCCN2Cc2ccccc2)c1. The lowest BCUT2D eigenvalue weighted by Gasteiger charge is -2.45. The van der Waals surface area contributed by atoms with Crippen molar-refractivity contribution >= 4 is 10.0 Å². The van der Waals surface area contributed by atoms with Crippen LogP contribution >= 0.6 is 0 Å². The Morgan fingerprint density at radius 2 is 1.35 bits per heavy atom. The van der Waals surface area contributed by atoms with Crippen LogP contribution in [0.5, 0.6) is 0 Å². The monoisotopic (exact) mass is 476 g/mol. The minimum Gasteiger partial charge on any atom is -0.294 e. The van der Waals surface area contributed by atoms with Crippen molar-refractivity contribution < 1.29 is 8.42 Å². The summed E-state index contributed by atoms with van der Waals surface area (Å²) in [4.78, 5) is 2.46. The average Bonchev–Trinajstić information content (AvgIpc) is 3.19. The average molecular weight is 477 g/mol. The first-order chi connectivity index (χ1) is 16.1. The molecule has 1 aliphatic rings. The molecule has 1 heterocycles. The van der Waals surface area contributed by atoms with Crippen LogP contribution in [0.15, 0.2) is 66.7 Å². The Balaban J connectivity index is 1.98. The highest BCUT2D eigenvalue weighted by molar-refractivity contribution is 7.88. The normalized spacial score (nSPS) is 17.3. The third-order valence-electron chi connectivity index (χ3n) is 6.79. The molecule has 0 aromatic heterocycles. The molecule has 3 aromatic carbocycles. The Morgan fingerprint density at radius 3 is 1.82 bits per heavy atom. The number of hydrogen-bond donors (Lipinski definition) is 1. The zero-order chi connectivity index (χ0) is 24.5. The van der Waals surface area contributed by atoms with Crippen molar-refractivity contribution in [3.63, 3.8) is 0 Å². The summed E-state index contributed by atoms with van der Waals surface area (Å²) in [5.74, 6) is 0. The molecule has 1 fully saturated rings. The highest BCUT2D eigenvalue weighted by Gasteiger charge is 2.49. The summed E-state index contributed by atoms with van der Waals surface area (Å²) in [5.41, 5.74) is 6.88. The van der Waals surface area contributed by atoms with Crippen molar-refractivity contribution in [1.82, 2.24) is 9.62 Å². The molecular weight excluding hydrogens is 440 g/mol. The molecule has 34 heavy (non-hydrogen) atoms. The van der Waals surface area contributed by atoms with Gasteiger partial charge in [0.15, 0.2) is 0 Å². The summed E-state index contributed by atoms with van der Waals surface area (Å²) in [5, 5.41) is 0. The van der Waals surface area contributed by atoms with E-state index in [0.717, 1.165) is 59.3 Å². The lowest BCUT2D eigenvalue weighted by atomic mass is 9.75. The van der Waals surface area contributed by atoms with Gasteiger partial charge < -0.3 is 0 Å². The van der Waals surface area contributed by atoms with Gasteiger partial charge in [-0.3, -0.25) is 4.90 Å². The van der Waals surface area contributed by atoms with Gasteiger partial charge in [-0.2, -0.15) is 4.72 Å². The zero-order valence-corrected chi connectivity index (χ0v) is 21.7. The lowest BCUT2D eigenvalue weighted by molar-refractivity contribution is 0.166. The lowest BCUT2D eigenvalue weighted by Crippen LogP contribution is -2.58. The molecule has 180 valence electrons. The highest BCUT2D eigenvalue weighted by Crippen LogP contribution is 2.42. The zero-order valence-electron chi connectivity index (χ0n) is 20.9. The van der Waals surface area contributed by atoms with Crippen molar-refractivity contribution in [3.8, 4) is 0 Å². The molecule has 0 radical (unpaired) electrons. The van der Waals surface area contributed by atoms with Gasteiger partial charge in [-0.25, -0.2) is 8.42 Å². The molecule has 5 heteroatoms. The fraction of sp³-hybridized carbons (Fsp3) is 0.379. The molecule has 4 nitrogen and oxygen atoms in total. The second-order valence-corrected chi connectivity index (χ2v) is 11.8. The standard InChI is InChI=1S/C29H36N2O2S/c1-21-14-22(2)17-26(16-21)29(30-34(5,32)33,27-18-23(3)15-24(4)19-27)28-12-9-13-31(28)20-25-10-7-6-8-11-25/h6-8,10-11,14-19,28,30H,9,12-13,20H2,1-5H3/t28-/m0/s1. The Labute approximate surface area is 205 Å². The number of hydrogen-bond acceptors (Lipinski definition) is 3. The molecule has 0 spiro atoms. The van der Waals surface area contributed by atoms with Crippen LogP contribution in [0.2, 0.25) is 0 Å². The molecule has 4 rings (SSSR count). The predicted octanol–water partition coefficient (Wildman–Crippen LogP) is 5.38. The van der Waals surface area contributed by atoms with Gasteiger partial charge in [0.1, 0.15) is 0 Å². The van der Waals surface area contributed by atoms with E-state index in [1.807, 2.05) is 6.07 Å². The van der Waals surface area contributed by atoms with Gasteiger partial charge in [-0.05, 0) is 63.8 Å². The summed E-state index contributed by atoms with van der Waals surface area (Å²) in [7, 11) is -3.54. The van der Waals surface area contributed by atoms with Gasteiger partial charge in [0.25, 0.3) is 0 Å². The van der Waals surface area contributed by atoms with Crippen molar-refractivity contribution in [2.75, 3.05) is 12.8 Å². The van der Waals surface area contributed by atoms with E-state index < -0.39 is 15.6 Å². The summed E-state index contributed by atoms with van der Waals surface area (Å²) in [6.45, 7) is 10.1. The van der Waals surface area contributed by atoms with Gasteiger partial charge in [-0.1, -0.05) is 89.0 Å². The Bertz CT molecular complexity index is 1180. The van der Waals surface area contributed by atoms with Crippen LogP contribution < -0.4 is 4.72 Å². The summed E-state index contributed by atoms with van der Waals surface area (Å²) in [6.07, 6.45) is 3.22. The van der Waals surface area contributed by atoms with E-state index in [0.29, 0.717) is 0 Å². The number of benzene rings is 3. The maximum Gasteiger partial charge on any atom is 0.209 e. The summed E-state index contributed by atoms with van der Waals surface area (Å²) < 4.78 is 29.3. The summed E-state index contributed by atoms with van der Waals surface area (Å²) in [6, 6.07) is 23.3. The fourth-order valence-electron chi connectivity index (χ4n) is 5.76. The molecule has 3 aromatic rings. The minimum atomic E-state index is -3.54. The second-order valence-electron chi connectivity index (χ2n) is 10.0. The molecular formula is C29H36N2O2S. The second kappa shape index (κ2) is 9.65. The maximum absolute atomic E-state index is 13.0. The molecule has 0 aliphatic carbocycles. The van der Waals surface area contributed by atoms with Crippen LogP contribution in [0, 0.1) is 27.7 Å². The van der Waals surface area contributed by atoms with Crippen molar-refractivity contribution in [2.45, 2.75) is 58.7 Å². The quantitative estimate of drug-likeness (QED) is 0.498. The molecule has 0 amide bonds. The van der Waals surface area contributed by atoms with Crippen LogP contribution in [0.4, 0.5) is 0 Å². The largest absolute Gasteiger partial charge is 0.294 e.